The zero-order valence-electron chi connectivity index (χ0n) is 11.7. The van der Waals surface area contributed by atoms with E-state index in [9.17, 15) is 14.0 Å². The summed E-state index contributed by atoms with van der Waals surface area (Å²) in [5.74, 6) is -0.769. The summed E-state index contributed by atoms with van der Waals surface area (Å²) in [4.78, 5) is 25.6. The molecule has 2 aromatic carbocycles. The van der Waals surface area contributed by atoms with Crippen LogP contribution < -0.4 is 10.2 Å². The normalized spacial score (nSPS) is 17.9. The molecule has 1 aliphatic rings. The zero-order valence-corrected chi connectivity index (χ0v) is 12.6. The second kappa shape index (κ2) is 5.81. The van der Waals surface area contributed by atoms with Gasteiger partial charge in [0.1, 0.15) is 5.82 Å². The molecule has 0 spiro atoms. The zero-order chi connectivity index (χ0) is 15.7. The Bertz CT molecular complexity index is 733. The lowest BCUT2D eigenvalue weighted by Crippen LogP contribution is -2.34. The Balaban J connectivity index is 1.82. The van der Waals surface area contributed by atoms with E-state index in [-0.39, 0.29) is 11.1 Å². The Morgan fingerprint density at radius 3 is 2.45 bits per heavy atom. The van der Waals surface area contributed by atoms with Gasteiger partial charge < -0.3 is 5.32 Å². The van der Waals surface area contributed by atoms with Crippen LogP contribution in [0.15, 0.2) is 48.5 Å². The Labute approximate surface area is 131 Å². The molecule has 0 bridgehead atoms. The van der Waals surface area contributed by atoms with Gasteiger partial charge in [-0.15, -0.1) is 0 Å². The molecule has 112 valence electrons. The van der Waals surface area contributed by atoms with Crippen LogP contribution in [-0.2, 0) is 4.79 Å². The lowest BCUT2D eigenvalue weighted by atomic mass is 10.2. The lowest BCUT2D eigenvalue weighted by molar-refractivity contribution is -0.116. The van der Waals surface area contributed by atoms with Crippen molar-refractivity contribution < 1.29 is 14.0 Å². The number of nitrogens with one attached hydrogen (secondary N) is 1. The van der Waals surface area contributed by atoms with Crippen LogP contribution in [0, 0.1) is 12.7 Å². The number of carbonyl (C=O) groups excluding carboxylic acids is 2. The molecule has 1 heterocycles. The molecule has 0 unspecified atom stereocenters. The number of carbonyl (C=O) groups is 2. The van der Waals surface area contributed by atoms with E-state index < -0.39 is 11.2 Å². The first-order valence-corrected chi connectivity index (χ1v) is 7.56. The van der Waals surface area contributed by atoms with Gasteiger partial charge in [-0.2, -0.15) is 0 Å². The SMILES string of the molecule is Cc1ccccc1N[C@@H]1SC(=O)N(c2ccc(F)cc2)C1=O. The van der Waals surface area contributed by atoms with Gasteiger partial charge in [-0.1, -0.05) is 18.2 Å². The molecule has 1 saturated heterocycles. The van der Waals surface area contributed by atoms with Gasteiger partial charge in [0.2, 0.25) is 0 Å². The van der Waals surface area contributed by atoms with Gasteiger partial charge in [-0.05, 0) is 54.6 Å². The molecule has 2 aromatic rings. The van der Waals surface area contributed by atoms with Crippen LogP contribution in [0.2, 0.25) is 0 Å². The number of halogens is 1. The number of amides is 2. The van der Waals surface area contributed by atoms with Crippen LogP contribution in [0.1, 0.15) is 5.56 Å². The van der Waals surface area contributed by atoms with Crippen molar-refractivity contribution in [1.82, 2.24) is 0 Å². The van der Waals surface area contributed by atoms with Crippen molar-refractivity contribution in [3.8, 4) is 0 Å². The largest absolute Gasteiger partial charge is 0.365 e. The first-order chi connectivity index (χ1) is 10.6. The van der Waals surface area contributed by atoms with Crippen LogP contribution in [0.25, 0.3) is 0 Å². The minimum Gasteiger partial charge on any atom is -0.365 e. The second-order valence-corrected chi connectivity index (χ2v) is 5.93. The predicted molar refractivity (Wildman–Crippen MR) is 85.5 cm³/mol. The molecular weight excluding hydrogens is 303 g/mol. The van der Waals surface area contributed by atoms with E-state index >= 15 is 0 Å². The van der Waals surface area contributed by atoms with E-state index in [1.807, 2.05) is 31.2 Å². The molecule has 22 heavy (non-hydrogen) atoms. The number of thioether (sulfide) groups is 1. The Morgan fingerprint density at radius 1 is 1.09 bits per heavy atom. The number of aryl methyl sites for hydroxylation is 1. The van der Waals surface area contributed by atoms with Crippen LogP contribution in [0.5, 0.6) is 0 Å². The maximum absolute atomic E-state index is 13.0. The summed E-state index contributed by atoms with van der Waals surface area (Å²) in [5, 5.41) is 2.02. The summed E-state index contributed by atoms with van der Waals surface area (Å²) in [6.07, 6.45) is 0. The Hall–Kier alpha value is -2.34. The third-order valence-electron chi connectivity index (χ3n) is 3.36. The molecule has 6 heteroatoms. The molecular formula is C16H13FN2O2S. The minimum atomic E-state index is -0.682. The molecule has 1 atom stereocenters. The van der Waals surface area contributed by atoms with E-state index in [0.717, 1.165) is 27.9 Å². The highest BCUT2D eigenvalue weighted by Crippen LogP contribution is 2.32. The monoisotopic (exact) mass is 316 g/mol. The Kier molecular flexibility index (Phi) is 3.85. The van der Waals surface area contributed by atoms with Gasteiger partial charge in [0.15, 0.2) is 5.37 Å². The highest BCUT2D eigenvalue weighted by atomic mass is 32.2. The van der Waals surface area contributed by atoms with E-state index in [4.69, 9.17) is 0 Å². The number of benzene rings is 2. The second-order valence-electron chi connectivity index (χ2n) is 4.87. The number of hydrogen-bond acceptors (Lipinski definition) is 4. The smallest absolute Gasteiger partial charge is 0.295 e. The average Bonchev–Trinajstić information content (AvgIpc) is 2.77. The van der Waals surface area contributed by atoms with Crippen molar-refractivity contribution in [2.45, 2.75) is 12.3 Å². The molecule has 4 nitrogen and oxygen atoms in total. The molecule has 0 aromatic heterocycles. The number of rotatable bonds is 3. The highest BCUT2D eigenvalue weighted by Gasteiger charge is 2.40. The van der Waals surface area contributed by atoms with Crippen LogP contribution >= 0.6 is 11.8 Å². The minimum absolute atomic E-state index is 0.357. The van der Waals surface area contributed by atoms with Gasteiger partial charge in [0.25, 0.3) is 11.1 Å². The number of para-hydroxylation sites is 1. The first-order valence-electron chi connectivity index (χ1n) is 6.68. The van der Waals surface area contributed by atoms with Crippen molar-refractivity contribution in [1.29, 1.82) is 0 Å². The molecule has 0 radical (unpaired) electrons. The van der Waals surface area contributed by atoms with Crippen molar-refractivity contribution in [2.75, 3.05) is 10.2 Å². The molecule has 1 fully saturated rings. The number of hydrogen-bond donors (Lipinski definition) is 1. The van der Waals surface area contributed by atoms with Crippen molar-refractivity contribution in [2.24, 2.45) is 0 Å². The molecule has 0 saturated carbocycles. The number of nitrogens with zero attached hydrogens (tertiary/aromatic N) is 1. The van der Waals surface area contributed by atoms with Gasteiger partial charge in [0, 0.05) is 5.69 Å². The molecule has 1 N–H and O–H groups in total. The van der Waals surface area contributed by atoms with Crippen molar-refractivity contribution >= 4 is 34.3 Å². The number of anilines is 2. The van der Waals surface area contributed by atoms with E-state index in [1.165, 1.54) is 24.3 Å². The summed E-state index contributed by atoms with van der Waals surface area (Å²) < 4.78 is 13.0. The summed E-state index contributed by atoms with van der Waals surface area (Å²) in [5.41, 5.74) is 2.17. The van der Waals surface area contributed by atoms with E-state index in [2.05, 4.69) is 5.32 Å². The van der Waals surface area contributed by atoms with Crippen LogP contribution in [0.3, 0.4) is 0 Å². The fourth-order valence-corrected chi connectivity index (χ4v) is 3.10. The summed E-state index contributed by atoms with van der Waals surface area (Å²) in [7, 11) is 0. The van der Waals surface area contributed by atoms with Gasteiger partial charge in [-0.3, -0.25) is 9.59 Å². The maximum Gasteiger partial charge on any atom is 0.295 e. The summed E-state index contributed by atoms with van der Waals surface area (Å²) in [6, 6.07) is 12.8. The quantitative estimate of drug-likeness (QED) is 0.936. The van der Waals surface area contributed by atoms with Gasteiger partial charge >= 0.3 is 0 Å². The molecule has 0 aliphatic carbocycles. The first kappa shape index (κ1) is 14.6. The molecule has 1 aliphatic heterocycles. The third kappa shape index (κ3) is 2.69. The third-order valence-corrected chi connectivity index (χ3v) is 4.30. The van der Waals surface area contributed by atoms with Crippen molar-refractivity contribution in [3.63, 3.8) is 0 Å². The topological polar surface area (TPSA) is 49.4 Å². The molecule has 3 rings (SSSR count). The van der Waals surface area contributed by atoms with Crippen molar-refractivity contribution in [3.05, 3.63) is 59.9 Å². The van der Waals surface area contributed by atoms with Crippen LogP contribution in [-0.4, -0.2) is 16.5 Å². The summed E-state index contributed by atoms with van der Waals surface area (Å²) >= 11 is 0.917. The number of imide groups is 1. The predicted octanol–water partition coefficient (Wildman–Crippen LogP) is 3.77. The van der Waals surface area contributed by atoms with Gasteiger partial charge in [0.05, 0.1) is 5.69 Å². The average molecular weight is 316 g/mol. The Morgan fingerprint density at radius 2 is 1.77 bits per heavy atom. The molecule has 2 amide bonds. The highest BCUT2D eigenvalue weighted by molar-refractivity contribution is 8.16. The lowest BCUT2D eigenvalue weighted by Gasteiger charge is -2.15. The fraction of sp³-hybridized carbons (Fsp3) is 0.125. The van der Waals surface area contributed by atoms with E-state index in [0.29, 0.717) is 5.69 Å². The summed E-state index contributed by atoms with van der Waals surface area (Å²) in [6.45, 7) is 1.92. The van der Waals surface area contributed by atoms with Crippen LogP contribution in [0.4, 0.5) is 20.6 Å². The van der Waals surface area contributed by atoms with Gasteiger partial charge in [-0.25, -0.2) is 9.29 Å². The maximum atomic E-state index is 13.0. The standard InChI is InChI=1S/C16H13FN2O2S/c1-10-4-2-3-5-13(10)18-14-15(20)19(16(21)22-14)12-8-6-11(17)7-9-12/h2-9,14,18H,1H3/t14-/m1/s1. The fourth-order valence-electron chi connectivity index (χ4n) is 2.20. The van der Waals surface area contributed by atoms with E-state index in [1.54, 1.807) is 0 Å².